The largest absolute Gasteiger partial charge is 0.417 e. The van der Waals surface area contributed by atoms with E-state index in [9.17, 15) is 81.5 Å². The lowest BCUT2D eigenvalue weighted by Crippen LogP contribution is -2.46. The van der Waals surface area contributed by atoms with E-state index in [1.54, 1.807) is 50.2 Å². The molecule has 0 N–H and O–H groups in total. The van der Waals surface area contributed by atoms with Crippen LogP contribution >= 0.6 is 0 Å². The minimum Gasteiger partial charge on any atom is -0.284 e. The minimum atomic E-state index is -4.95. The van der Waals surface area contributed by atoms with E-state index in [0.717, 1.165) is 86.0 Å². The molecule has 9 rings (SSSR count). The van der Waals surface area contributed by atoms with Gasteiger partial charge in [0, 0.05) is 33.4 Å². The van der Waals surface area contributed by atoms with Crippen molar-refractivity contribution in [2.24, 2.45) is 0 Å². The van der Waals surface area contributed by atoms with Crippen molar-refractivity contribution in [2.45, 2.75) is 38.6 Å². The molecule has 0 radical (unpaired) electrons. The molecule has 0 unspecified atom stereocenters. The number of hydrogen-bond acceptors (Lipinski definition) is 18. The Morgan fingerprint density at radius 3 is 0.967 bits per heavy atom. The van der Waals surface area contributed by atoms with Crippen LogP contribution in [0, 0.1) is 13.8 Å². The molecule has 33 heteroatoms. The third-order valence-corrected chi connectivity index (χ3v) is 12.2. The van der Waals surface area contributed by atoms with Gasteiger partial charge in [-0.25, -0.2) is 0 Å². The van der Waals surface area contributed by atoms with Crippen LogP contribution < -0.4 is 29.7 Å². The van der Waals surface area contributed by atoms with Crippen molar-refractivity contribution in [2.75, 3.05) is 21.3 Å². The number of hydrogen-bond donors (Lipinski definition) is 0. The molecule has 6 aromatic carbocycles. The lowest BCUT2D eigenvalue weighted by atomic mass is 9.96. The van der Waals surface area contributed by atoms with Gasteiger partial charge in [0.2, 0.25) is 34.7 Å². The molecule has 9 aromatic rings. The Balaban J connectivity index is 0.000000193. The Labute approximate surface area is 495 Å². The minimum absolute atomic E-state index is 0.0823. The summed E-state index contributed by atoms with van der Waals surface area (Å²) < 4.78 is 171. The number of aromatic nitrogens is 6. The van der Waals surface area contributed by atoms with E-state index >= 15 is 0 Å². The third-order valence-electron chi connectivity index (χ3n) is 12.2. The van der Waals surface area contributed by atoms with Crippen LogP contribution in [0.3, 0.4) is 0 Å². The molecule has 0 bridgehead atoms. The van der Waals surface area contributed by atoms with Gasteiger partial charge in [-0.2, -0.15) is 52.7 Å². The first-order valence-corrected chi connectivity index (χ1v) is 24.9. The van der Waals surface area contributed by atoms with Crippen LogP contribution in [0.4, 0.5) is 52.7 Å². The van der Waals surface area contributed by atoms with Crippen molar-refractivity contribution >= 4 is 34.7 Å². The first-order chi connectivity index (χ1) is 42.4. The zero-order chi connectivity index (χ0) is 66.0. The zero-order valence-electron chi connectivity index (χ0n) is 46.2. The van der Waals surface area contributed by atoms with E-state index in [1.165, 1.54) is 7.11 Å². The molecule has 21 nitrogen and oxygen atoms in total. The summed E-state index contributed by atoms with van der Waals surface area (Å²) in [5.74, 6) is -5.82. The average molecular weight is 1280 g/mol. The van der Waals surface area contributed by atoms with Crippen molar-refractivity contribution < 1.29 is 140 Å². The van der Waals surface area contributed by atoms with Gasteiger partial charge < -0.3 is 0 Å². The Morgan fingerprint density at radius 2 is 0.622 bits per heavy atom. The molecular formula is C57H39F12N6O15+3. The monoisotopic (exact) mass is 1280 g/mol. The number of carbonyl (C=O) groups excluding carboxylic acids is 6. The summed E-state index contributed by atoms with van der Waals surface area (Å²) in [5.41, 5.74) is -8.40. The maximum absolute atomic E-state index is 13.4. The van der Waals surface area contributed by atoms with E-state index in [-0.39, 0.29) is 27.4 Å². The van der Waals surface area contributed by atoms with Crippen molar-refractivity contribution in [1.29, 1.82) is 0 Å². The number of carbonyl (C=O) groups is 6. The van der Waals surface area contributed by atoms with Gasteiger partial charge in [-0.3, -0.25) is 28.8 Å². The normalized spacial score (nSPS) is 11.6. The molecule has 0 aliphatic carbocycles. The number of halogens is 12. The number of nitrogens with zero attached hydrogens (tertiary/aromatic N) is 6. The van der Waals surface area contributed by atoms with E-state index in [2.05, 4.69) is 44.7 Å². The second-order valence-corrected chi connectivity index (χ2v) is 17.9. The number of aryl methyl sites for hydroxylation is 2. The second-order valence-electron chi connectivity index (χ2n) is 17.9. The second kappa shape index (κ2) is 27.5. The highest BCUT2D eigenvalue weighted by Crippen LogP contribution is 2.36. The zero-order valence-corrected chi connectivity index (χ0v) is 46.2. The lowest BCUT2D eigenvalue weighted by molar-refractivity contribution is -1.07. The quantitative estimate of drug-likeness (QED) is 0.0336. The van der Waals surface area contributed by atoms with Crippen molar-refractivity contribution in [3.63, 3.8) is 0 Å². The maximum atomic E-state index is 13.4. The summed E-state index contributed by atoms with van der Waals surface area (Å²) in [5, 5.41) is 10.4. The van der Waals surface area contributed by atoms with Gasteiger partial charge in [0.25, 0.3) is 0 Å². The fourth-order valence-electron chi connectivity index (χ4n) is 8.04. The van der Waals surface area contributed by atoms with Crippen molar-refractivity contribution in [1.82, 2.24) is 15.5 Å². The summed E-state index contributed by atoms with van der Waals surface area (Å²) >= 11 is 0. The SMILES string of the molecule is COO[n+]1onc(C(=O)c2ccc(C(F)(F)F)cc2)c1C(=O)c1ccc(C(F)(F)F)cc1.COO[n+]1onc(C(=O)c2ccccc2C(F)(F)F)c1C(=O)c1ccccc1C(F)(F)F.COO[n+]1onc(C(=O)c2ccccc2C)c1C(=O)c1ccccc1C. The lowest BCUT2D eigenvalue weighted by Gasteiger charge is -2.11. The highest BCUT2D eigenvalue weighted by Gasteiger charge is 2.46. The van der Waals surface area contributed by atoms with Crippen LogP contribution in [0.15, 0.2) is 159 Å². The predicted octanol–water partition coefficient (Wildman–Crippen LogP) is 8.93. The highest BCUT2D eigenvalue weighted by molar-refractivity contribution is 6.19. The van der Waals surface area contributed by atoms with E-state index in [4.69, 9.17) is 14.2 Å². The van der Waals surface area contributed by atoms with Gasteiger partial charge in [0.15, 0.2) is 30.2 Å². The average Bonchev–Trinajstić information content (AvgIpc) is 1.78. The van der Waals surface area contributed by atoms with Gasteiger partial charge >= 0.3 is 58.9 Å². The fourth-order valence-corrected chi connectivity index (χ4v) is 8.04. The van der Waals surface area contributed by atoms with Gasteiger partial charge in [-0.05, 0) is 75.3 Å². The Morgan fingerprint density at radius 1 is 0.344 bits per heavy atom. The topological polar surface area (TPSA) is 248 Å². The first-order valence-electron chi connectivity index (χ1n) is 24.9. The van der Waals surface area contributed by atoms with Gasteiger partial charge in [0.1, 0.15) is 0 Å². The van der Waals surface area contributed by atoms with E-state index < -0.39 is 116 Å². The number of alkyl halides is 12. The summed E-state index contributed by atoms with van der Waals surface area (Å²) in [6.07, 6.45) is -19.2. The van der Waals surface area contributed by atoms with E-state index in [1.807, 2.05) is 12.1 Å². The van der Waals surface area contributed by atoms with Crippen LogP contribution in [-0.4, -0.2) is 71.5 Å². The molecular weight excluding hydrogens is 1240 g/mol. The molecule has 0 aliphatic rings. The standard InChI is InChI=1S/2C19H11F6N2O5.C19H17N2O5/c1-30-32-27-15(17(29)11-4-8-13(9-5-11)19(23,24)25)14(26-31-27)16(28)10-2-6-12(7-3-10)18(20,21)22;1-30-32-27-15(17(29)11-7-3-5-9-13(11)19(23,24)25)14(26-31-27)16(28)10-6-2-4-8-12(10)18(20,21)22;1-12-8-4-6-10-14(12)18(22)16-17(21(25-20-16)26-24-3)19(23)15-11-7-5-9-13(15)2/h2*2-9H,1H3;4-11H,1-3H3/q3*+1. The molecule has 0 amide bonds. The molecule has 90 heavy (non-hydrogen) atoms. The molecule has 0 aliphatic heterocycles. The molecule has 3 aromatic heterocycles. The number of ketones is 6. The molecule has 0 saturated carbocycles. The highest BCUT2D eigenvalue weighted by atomic mass is 19.4. The smallest absolute Gasteiger partial charge is 0.284 e. The molecule has 0 saturated heterocycles. The van der Waals surface area contributed by atoms with Crippen LogP contribution in [0.2, 0.25) is 0 Å². The Bertz CT molecular complexity index is 4120. The molecule has 3 heterocycles. The number of rotatable bonds is 18. The molecule has 0 atom stereocenters. The molecule has 0 spiro atoms. The summed E-state index contributed by atoms with van der Waals surface area (Å²) in [7, 11) is 3.22. The molecule has 468 valence electrons. The van der Waals surface area contributed by atoms with Crippen LogP contribution in [0.5, 0.6) is 0 Å². The van der Waals surface area contributed by atoms with Crippen molar-refractivity contribution in [3.05, 3.63) is 247 Å². The van der Waals surface area contributed by atoms with Gasteiger partial charge in [-0.1, -0.05) is 109 Å². The maximum Gasteiger partial charge on any atom is 0.417 e. The van der Waals surface area contributed by atoms with E-state index in [0.29, 0.717) is 57.3 Å². The van der Waals surface area contributed by atoms with Crippen LogP contribution in [-0.2, 0) is 39.4 Å². The Kier molecular flexibility index (Phi) is 20.4. The van der Waals surface area contributed by atoms with Crippen molar-refractivity contribution in [3.8, 4) is 0 Å². The fraction of sp³-hybridized carbons (Fsp3) is 0.158. The Hall–Kier alpha value is -10.8. The number of benzene rings is 6. The predicted molar refractivity (Wildman–Crippen MR) is 270 cm³/mol. The third kappa shape index (κ3) is 14.9. The van der Waals surface area contributed by atoms with Crippen LogP contribution in [0.25, 0.3) is 0 Å². The van der Waals surface area contributed by atoms with Gasteiger partial charge in [0.05, 0.1) is 43.6 Å². The molecule has 0 fully saturated rings. The van der Waals surface area contributed by atoms with Gasteiger partial charge in [-0.15, -0.1) is 29.6 Å². The van der Waals surface area contributed by atoms with Crippen LogP contribution in [0.1, 0.15) is 130 Å². The summed E-state index contributed by atoms with van der Waals surface area (Å²) in [4.78, 5) is 106. The summed E-state index contributed by atoms with van der Waals surface area (Å²) in [6, 6.07) is 27.3. The summed E-state index contributed by atoms with van der Waals surface area (Å²) in [6.45, 7) is 3.60. The first kappa shape index (κ1) is 66.7.